The van der Waals surface area contributed by atoms with Gasteiger partial charge in [-0.1, -0.05) is 6.07 Å². The molecule has 1 heterocycles. The monoisotopic (exact) mass is 279 g/mol. The van der Waals surface area contributed by atoms with Crippen molar-refractivity contribution < 1.29 is 24.9 Å². The number of aliphatic hydroxyl groups is 1. The molecule has 0 aliphatic carbocycles. The molecule has 0 saturated carbocycles. The first-order valence-corrected chi connectivity index (χ1v) is 6.50. The lowest BCUT2D eigenvalue weighted by Gasteiger charge is -2.33. The molecule has 1 fully saturated rings. The SMILES string of the molecule is O=C(O)c1cccc(N2CCC(CO)CC2)c1C(=O)O. The molecule has 0 bridgehead atoms. The van der Waals surface area contributed by atoms with Crippen LogP contribution in [0.25, 0.3) is 0 Å². The third kappa shape index (κ3) is 2.75. The summed E-state index contributed by atoms with van der Waals surface area (Å²) in [6.45, 7) is 1.37. The van der Waals surface area contributed by atoms with Crippen LogP contribution in [-0.2, 0) is 0 Å². The van der Waals surface area contributed by atoms with Crippen molar-refractivity contribution in [2.24, 2.45) is 5.92 Å². The van der Waals surface area contributed by atoms with Crippen LogP contribution in [0.1, 0.15) is 33.6 Å². The second-order valence-electron chi connectivity index (χ2n) is 4.92. The normalized spacial score (nSPS) is 16.1. The number of hydrogen-bond donors (Lipinski definition) is 3. The van der Waals surface area contributed by atoms with Gasteiger partial charge in [0, 0.05) is 19.7 Å². The fourth-order valence-corrected chi connectivity index (χ4v) is 2.56. The van der Waals surface area contributed by atoms with Crippen LogP contribution in [0, 0.1) is 5.92 Å². The minimum Gasteiger partial charge on any atom is -0.478 e. The highest BCUT2D eigenvalue weighted by atomic mass is 16.4. The number of aliphatic hydroxyl groups excluding tert-OH is 1. The van der Waals surface area contributed by atoms with E-state index >= 15 is 0 Å². The molecule has 1 aliphatic rings. The molecule has 3 N–H and O–H groups in total. The van der Waals surface area contributed by atoms with Crippen LogP contribution in [-0.4, -0.2) is 47.0 Å². The van der Waals surface area contributed by atoms with Gasteiger partial charge in [0.25, 0.3) is 0 Å². The molecule has 108 valence electrons. The van der Waals surface area contributed by atoms with Gasteiger partial charge in [0.2, 0.25) is 0 Å². The second-order valence-corrected chi connectivity index (χ2v) is 4.92. The summed E-state index contributed by atoms with van der Waals surface area (Å²) in [6.07, 6.45) is 1.54. The van der Waals surface area contributed by atoms with Crippen molar-refractivity contribution in [1.82, 2.24) is 0 Å². The van der Waals surface area contributed by atoms with Crippen molar-refractivity contribution in [3.63, 3.8) is 0 Å². The van der Waals surface area contributed by atoms with Gasteiger partial charge in [-0.3, -0.25) is 0 Å². The molecule has 1 saturated heterocycles. The number of carboxylic acids is 2. The quantitative estimate of drug-likeness (QED) is 0.768. The molecule has 1 aliphatic heterocycles. The Hall–Kier alpha value is -2.08. The lowest BCUT2D eigenvalue weighted by atomic mass is 9.96. The van der Waals surface area contributed by atoms with E-state index in [1.807, 2.05) is 4.90 Å². The minimum absolute atomic E-state index is 0.134. The number of carbonyl (C=O) groups is 2. The van der Waals surface area contributed by atoms with Crippen molar-refractivity contribution in [2.45, 2.75) is 12.8 Å². The third-order valence-corrected chi connectivity index (χ3v) is 3.70. The largest absolute Gasteiger partial charge is 0.478 e. The number of anilines is 1. The molecule has 20 heavy (non-hydrogen) atoms. The smallest absolute Gasteiger partial charge is 0.338 e. The molecule has 2 rings (SSSR count). The van der Waals surface area contributed by atoms with E-state index in [-0.39, 0.29) is 23.7 Å². The van der Waals surface area contributed by atoms with E-state index in [0.29, 0.717) is 18.8 Å². The molecule has 6 nitrogen and oxygen atoms in total. The summed E-state index contributed by atoms with van der Waals surface area (Å²) in [6, 6.07) is 4.49. The predicted octanol–water partition coefficient (Wildman–Crippen LogP) is 1.29. The highest BCUT2D eigenvalue weighted by molar-refractivity contribution is 6.05. The zero-order valence-corrected chi connectivity index (χ0v) is 11.0. The number of piperidine rings is 1. The van der Waals surface area contributed by atoms with Gasteiger partial charge in [0.1, 0.15) is 0 Å². The van der Waals surface area contributed by atoms with Crippen LogP contribution in [0.4, 0.5) is 5.69 Å². The van der Waals surface area contributed by atoms with Crippen molar-refractivity contribution in [3.05, 3.63) is 29.3 Å². The number of rotatable bonds is 4. The Bertz CT molecular complexity index is 520. The van der Waals surface area contributed by atoms with E-state index in [0.717, 1.165) is 12.8 Å². The number of benzene rings is 1. The van der Waals surface area contributed by atoms with Gasteiger partial charge >= 0.3 is 11.9 Å². The van der Waals surface area contributed by atoms with Gasteiger partial charge < -0.3 is 20.2 Å². The molecule has 6 heteroatoms. The van der Waals surface area contributed by atoms with E-state index < -0.39 is 11.9 Å². The summed E-state index contributed by atoms with van der Waals surface area (Å²) >= 11 is 0. The molecule has 0 aromatic heterocycles. The minimum atomic E-state index is -1.24. The summed E-state index contributed by atoms with van der Waals surface area (Å²) in [5.41, 5.74) is 0.0792. The highest BCUT2D eigenvalue weighted by Crippen LogP contribution is 2.28. The Morgan fingerprint density at radius 3 is 2.30 bits per heavy atom. The van der Waals surface area contributed by atoms with Crippen molar-refractivity contribution in [3.8, 4) is 0 Å². The first-order valence-electron chi connectivity index (χ1n) is 6.50. The van der Waals surface area contributed by atoms with Crippen LogP contribution in [0.3, 0.4) is 0 Å². The summed E-state index contributed by atoms with van der Waals surface area (Å²) in [5.74, 6) is -2.24. The fourth-order valence-electron chi connectivity index (χ4n) is 2.56. The number of nitrogens with zero attached hydrogens (tertiary/aromatic N) is 1. The topological polar surface area (TPSA) is 98.1 Å². The summed E-state index contributed by atoms with van der Waals surface area (Å²) < 4.78 is 0. The van der Waals surface area contributed by atoms with E-state index in [1.165, 1.54) is 6.07 Å². The first-order chi connectivity index (χ1) is 9.54. The molecular weight excluding hydrogens is 262 g/mol. The van der Waals surface area contributed by atoms with Gasteiger partial charge in [0.05, 0.1) is 16.8 Å². The maximum Gasteiger partial charge on any atom is 0.338 e. The van der Waals surface area contributed by atoms with Crippen LogP contribution < -0.4 is 4.90 Å². The lowest BCUT2D eigenvalue weighted by molar-refractivity contribution is 0.0652. The van der Waals surface area contributed by atoms with Crippen molar-refractivity contribution in [1.29, 1.82) is 0 Å². The standard InChI is InChI=1S/C14H17NO5/c16-8-9-4-6-15(7-5-9)11-3-1-2-10(13(17)18)12(11)14(19)20/h1-3,9,16H,4-8H2,(H,17,18)(H,19,20). The molecule has 0 spiro atoms. The lowest BCUT2D eigenvalue weighted by Crippen LogP contribution is -2.36. The van der Waals surface area contributed by atoms with Gasteiger partial charge in [-0.25, -0.2) is 9.59 Å². The van der Waals surface area contributed by atoms with Gasteiger partial charge in [-0.15, -0.1) is 0 Å². The third-order valence-electron chi connectivity index (χ3n) is 3.70. The van der Waals surface area contributed by atoms with Crippen LogP contribution in [0.15, 0.2) is 18.2 Å². The maximum atomic E-state index is 11.4. The summed E-state index contributed by atoms with van der Waals surface area (Å²) in [7, 11) is 0. The first kappa shape index (κ1) is 14.3. The Balaban J connectivity index is 2.35. The van der Waals surface area contributed by atoms with Gasteiger partial charge in [0.15, 0.2) is 0 Å². The molecule has 0 unspecified atom stereocenters. The highest BCUT2D eigenvalue weighted by Gasteiger charge is 2.26. The molecule has 0 atom stereocenters. The van der Waals surface area contributed by atoms with Crippen molar-refractivity contribution in [2.75, 3.05) is 24.6 Å². The van der Waals surface area contributed by atoms with Crippen LogP contribution in [0.2, 0.25) is 0 Å². The van der Waals surface area contributed by atoms with E-state index in [9.17, 15) is 14.7 Å². The Labute approximate surface area is 116 Å². The summed E-state index contributed by atoms with van der Waals surface area (Å²) in [4.78, 5) is 24.4. The predicted molar refractivity (Wildman–Crippen MR) is 72.4 cm³/mol. The zero-order valence-electron chi connectivity index (χ0n) is 11.0. The molecule has 0 amide bonds. The molecular formula is C14H17NO5. The van der Waals surface area contributed by atoms with E-state index in [2.05, 4.69) is 0 Å². The second kappa shape index (κ2) is 5.92. The average molecular weight is 279 g/mol. The Kier molecular flexibility index (Phi) is 4.24. The van der Waals surface area contributed by atoms with Crippen LogP contribution in [0.5, 0.6) is 0 Å². The number of carboxylic acid groups (broad SMARTS) is 2. The Morgan fingerprint density at radius 2 is 1.80 bits per heavy atom. The average Bonchev–Trinajstić information content (AvgIpc) is 2.46. The number of hydrogen-bond acceptors (Lipinski definition) is 4. The maximum absolute atomic E-state index is 11.4. The van der Waals surface area contributed by atoms with Gasteiger partial charge in [-0.05, 0) is 30.9 Å². The van der Waals surface area contributed by atoms with E-state index in [1.54, 1.807) is 12.1 Å². The van der Waals surface area contributed by atoms with Crippen molar-refractivity contribution >= 4 is 17.6 Å². The molecule has 0 radical (unpaired) electrons. The molecule has 1 aromatic rings. The fraction of sp³-hybridized carbons (Fsp3) is 0.429. The van der Waals surface area contributed by atoms with Gasteiger partial charge in [-0.2, -0.15) is 0 Å². The molecule has 1 aromatic carbocycles. The summed E-state index contributed by atoms with van der Waals surface area (Å²) in [5, 5.41) is 27.5. The van der Waals surface area contributed by atoms with Crippen LogP contribution >= 0.6 is 0 Å². The zero-order chi connectivity index (χ0) is 14.7. The number of aromatic carboxylic acids is 2. The van der Waals surface area contributed by atoms with E-state index in [4.69, 9.17) is 10.2 Å². The Morgan fingerprint density at radius 1 is 1.15 bits per heavy atom.